The number of nitrogens with zero attached hydrogens (tertiary/aromatic N) is 1. The van der Waals surface area contributed by atoms with E-state index in [0.29, 0.717) is 24.6 Å². The van der Waals surface area contributed by atoms with Crippen LogP contribution in [0.2, 0.25) is 0 Å². The lowest BCUT2D eigenvalue weighted by Crippen LogP contribution is -2.44. The molecule has 2 heterocycles. The van der Waals surface area contributed by atoms with Gasteiger partial charge in [-0.3, -0.25) is 0 Å². The first-order valence-corrected chi connectivity index (χ1v) is 9.12. The van der Waals surface area contributed by atoms with Crippen molar-refractivity contribution in [2.24, 2.45) is 5.73 Å². The van der Waals surface area contributed by atoms with Crippen LogP contribution in [0, 0.1) is 0 Å². The van der Waals surface area contributed by atoms with E-state index in [1.165, 1.54) is 15.6 Å². The Balaban J connectivity index is 2.14. The van der Waals surface area contributed by atoms with Gasteiger partial charge in [0.2, 0.25) is 10.0 Å². The summed E-state index contributed by atoms with van der Waals surface area (Å²) in [6, 6.07) is 7.55. The number of sulfonamides is 1. The molecule has 1 aliphatic heterocycles. The lowest BCUT2D eigenvalue weighted by Gasteiger charge is -2.30. The maximum absolute atomic E-state index is 13.0. The van der Waals surface area contributed by atoms with Gasteiger partial charge in [0.05, 0.1) is 12.7 Å². The zero-order valence-corrected chi connectivity index (χ0v) is 13.4. The molecule has 1 atom stereocenters. The molecular formula is C14H18N2O3S2. The highest BCUT2D eigenvalue weighted by Crippen LogP contribution is 2.36. The molecule has 0 bridgehead atoms. The third kappa shape index (κ3) is 2.60. The molecule has 0 spiro atoms. The highest BCUT2D eigenvalue weighted by atomic mass is 32.2. The topological polar surface area (TPSA) is 72.6 Å². The van der Waals surface area contributed by atoms with Crippen molar-refractivity contribution in [2.45, 2.75) is 24.5 Å². The van der Waals surface area contributed by atoms with Crippen molar-refractivity contribution in [2.75, 3.05) is 19.7 Å². The number of nitrogens with two attached hydrogens (primary N) is 1. The van der Waals surface area contributed by atoms with Crippen LogP contribution < -0.4 is 5.73 Å². The van der Waals surface area contributed by atoms with Gasteiger partial charge < -0.3 is 10.5 Å². The van der Waals surface area contributed by atoms with Crippen LogP contribution in [-0.2, 0) is 21.3 Å². The molecule has 0 aliphatic carbocycles. The molecule has 1 unspecified atom stereocenters. The first kappa shape index (κ1) is 14.9. The molecule has 21 heavy (non-hydrogen) atoms. The number of ether oxygens (including phenoxy) is 1. The van der Waals surface area contributed by atoms with Gasteiger partial charge in [-0.15, -0.1) is 11.3 Å². The van der Waals surface area contributed by atoms with E-state index in [-0.39, 0.29) is 12.6 Å². The molecule has 0 amide bonds. The van der Waals surface area contributed by atoms with Crippen LogP contribution >= 0.6 is 11.3 Å². The monoisotopic (exact) mass is 326 g/mol. The van der Waals surface area contributed by atoms with Gasteiger partial charge in [0.15, 0.2) is 0 Å². The lowest BCUT2D eigenvalue weighted by atomic mass is 10.2. The van der Waals surface area contributed by atoms with Gasteiger partial charge in [-0.25, -0.2) is 8.42 Å². The molecule has 0 radical (unpaired) electrons. The third-order valence-corrected chi connectivity index (χ3v) is 6.92. The molecule has 1 aliphatic rings. The Kier molecular flexibility index (Phi) is 4.02. The Morgan fingerprint density at radius 1 is 1.43 bits per heavy atom. The molecular weight excluding hydrogens is 308 g/mol. The fourth-order valence-corrected chi connectivity index (χ4v) is 5.91. The van der Waals surface area contributed by atoms with Crippen molar-refractivity contribution in [3.8, 4) is 0 Å². The number of rotatable bonds is 3. The Bertz CT molecular complexity index is 755. The Morgan fingerprint density at radius 3 is 2.90 bits per heavy atom. The Morgan fingerprint density at radius 2 is 2.19 bits per heavy atom. The molecule has 1 fully saturated rings. The summed E-state index contributed by atoms with van der Waals surface area (Å²) in [5, 5.41) is 0.766. The zero-order chi connectivity index (χ0) is 15.0. The zero-order valence-electron chi connectivity index (χ0n) is 11.8. The fourth-order valence-electron chi connectivity index (χ4n) is 2.62. The number of benzene rings is 1. The molecule has 1 saturated heterocycles. The number of thiophene rings is 1. The SMILES string of the molecule is CC1CN(S(=O)(=O)c2c(CN)sc3ccccc23)CCO1. The summed E-state index contributed by atoms with van der Waals surface area (Å²) >= 11 is 1.45. The minimum atomic E-state index is -3.54. The molecule has 1 aromatic heterocycles. The summed E-state index contributed by atoms with van der Waals surface area (Å²) in [5.41, 5.74) is 5.77. The van der Waals surface area contributed by atoms with Gasteiger partial charge in [0, 0.05) is 34.6 Å². The third-order valence-electron chi connectivity index (χ3n) is 3.61. The van der Waals surface area contributed by atoms with E-state index in [0.717, 1.165) is 15.0 Å². The number of morpholine rings is 1. The van der Waals surface area contributed by atoms with E-state index >= 15 is 0 Å². The molecule has 2 aromatic rings. The minimum Gasteiger partial charge on any atom is -0.376 e. The van der Waals surface area contributed by atoms with Crippen molar-refractivity contribution in [1.29, 1.82) is 0 Å². The summed E-state index contributed by atoms with van der Waals surface area (Å²) in [6.45, 7) is 3.32. The average Bonchev–Trinajstić information content (AvgIpc) is 2.86. The van der Waals surface area contributed by atoms with Gasteiger partial charge in [-0.05, 0) is 13.0 Å². The van der Waals surface area contributed by atoms with Crippen LogP contribution in [-0.4, -0.2) is 38.5 Å². The predicted octanol–water partition coefficient (Wildman–Crippen LogP) is 1.77. The summed E-state index contributed by atoms with van der Waals surface area (Å²) in [5.74, 6) is 0. The quantitative estimate of drug-likeness (QED) is 0.933. The highest BCUT2D eigenvalue weighted by Gasteiger charge is 2.33. The number of hydrogen-bond acceptors (Lipinski definition) is 5. The second kappa shape index (κ2) is 5.66. The maximum atomic E-state index is 13.0. The molecule has 0 saturated carbocycles. The van der Waals surface area contributed by atoms with E-state index in [2.05, 4.69) is 0 Å². The second-order valence-corrected chi connectivity index (χ2v) is 8.11. The van der Waals surface area contributed by atoms with E-state index in [4.69, 9.17) is 10.5 Å². The van der Waals surface area contributed by atoms with Crippen molar-refractivity contribution in [3.05, 3.63) is 29.1 Å². The van der Waals surface area contributed by atoms with Crippen molar-refractivity contribution in [3.63, 3.8) is 0 Å². The highest BCUT2D eigenvalue weighted by molar-refractivity contribution is 7.89. The number of hydrogen-bond donors (Lipinski definition) is 1. The van der Waals surface area contributed by atoms with E-state index < -0.39 is 10.0 Å². The van der Waals surface area contributed by atoms with Crippen LogP contribution in [0.4, 0.5) is 0 Å². The minimum absolute atomic E-state index is 0.0836. The van der Waals surface area contributed by atoms with Crippen LogP contribution in [0.5, 0.6) is 0 Å². The standard InChI is InChI=1S/C14H18N2O3S2/c1-10-9-16(6-7-19-10)21(17,18)14-11-4-2-3-5-12(11)20-13(14)8-15/h2-5,10H,6-9,15H2,1H3. The van der Waals surface area contributed by atoms with Crippen molar-refractivity contribution < 1.29 is 13.2 Å². The van der Waals surface area contributed by atoms with Gasteiger partial charge in [0.1, 0.15) is 4.90 Å². The van der Waals surface area contributed by atoms with Gasteiger partial charge in [0.25, 0.3) is 0 Å². The largest absolute Gasteiger partial charge is 0.376 e. The first-order chi connectivity index (χ1) is 10.0. The first-order valence-electron chi connectivity index (χ1n) is 6.86. The van der Waals surface area contributed by atoms with Gasteiger partial charge in [-0.1, -0.05) is 18.2 Å². The molecule has 1 aromatic carbocycles. The summed E-state index contributed by atoms with van der Waals surface area (Å²) in [4.78, 5) is 1.09. The van der Waals surface area contributed by atoms with E-state index in [9.17, 15) is 8.42 Å². The summed E-state index contributed by atoms with van der Waals surface area (Å²) in [6.07, 6.45) is -0.0836. The van der Waals surface area contributed by atoms with Crippen LogP contribution in [0.1, 0.15) is 11.8 Å². The predicted molar refractivity (Wildman–Crippen MR) is 83.9 cm³/mol. The van der Waals surface area contributed by atoms with E-state index in [1.54, 1.807) is 0 Å². The normalized spacial score (nSPS) is 21.0. The molecule has 2 N–H and O–H groups in total. The smallest absolute Gasteiger partial charge is 0.245 e. The van der Waals surface area contributed by atoms with Crippen molar-refractivity contribution >= 4 is 31.4 Å². The average molecular weight is 326 g/mol. The van der Waals surface area contributed by atoms with Gasteiger partial charge in [-0.2, -0.15) is 4.31 Å². The number of fused-ring (bicyclic) bond motifs is 1. The van der Waals surface area contributed by atoms with Crippen LogP contribution in [0.25, 0.3) is 10.1 Å². The molecule has 7 heteroatoms. The van der Waals surface area contributed by atoms with E-state index in [1.807, 2.05) is 31.2 Å². The second-order valence-electron chi connectivity index (χ2n) is 5.10. The molecule has 5 nitrogen and oxygen atoms in total. The molecule has 3 rings (SSSR count). The Hall–Kier alpha value is -0.990. The van der Waals surface area contributed by atoms with Gasteiger partial charge >= 0.3 is 0 Å². The van der Waals surface area contributed by atoms with Crippen LogP contribution in [0.15, 0.2) is 29.2 Å². The molecule has 114 valence electrons. The summed E-state index contributed by atoms with van der Waals surface area (Å²) < 4.78 is 33.9. The van der Waals surface area contributed by atoms with Crippen LogP contribution in [0.3, 0.4) is 0 Å². The summed E-state index contributed by atoms with van der Waals surface area (Å²) in [7, 11) is -3.54. The van der Waals surface area contributed by atoms with Crippen molar-refractivity contribution in [1.82, 2.24) is 4.31 Å². The maximum Gasteiger partial charge on any atom is 0.245 e. The Labute approximate surface area is 128 Å². The fraction of sp³-hybridized carbons (Fsp3) is 0.429. The lowest BCUT2D eigenvalue weighted by molar-refractivity contribution is 0.0102.